The Morgan fingerprint density at radius 3 is 2.17 bits per heavy atom. The lowest BCUT2D eigenvalue weighted by atomic mass is 10.1. The van der Waals surface area contributed by atoms with Crippen molar-refractivity contribution in [2.24, 2.45) is 0 Å². The van der Waals surface area contributed by atoms with Gasteiger partial charge in [-0.15, -0.1) is 0 Å². The fraction of sp³-hybridized carbons (Fsp3) is 0.471. The van der Waals surface area contributed by atoms with Crippen molar-refractivity contribution in [3.63, 3.8) is 0 Å². The van der Waals surface area contributed by atoms with Crippen LogP contribution in [0.1, 0.15) is 16.8 Å². The maximum Gasteiger partial charge on any atom is 0.153 e. The maximum absolute atomic E-state index is 12.0. The second kappa shape index (κ2) is 5.79. The minimum atomic E-state index is -2.01. The molecule has 0 bridgehead atoms. The molecule has 2 aromatic rings. The summed E-state index contributed by atoms with van der Waals surface area (Å²) in [6, 6.07) is 5.81. The molecule has 1 heterocycles. The lowest BCUT2D eigenvalue weighted by molar-refractivity contribution is -0.305. The first kappa shape index (κ1) is 18.3. The van der Waals surface area contributed by atoms with Gasteiger partial charge in [-0.25, -0.2) is 0 Å². The van der Waals surface area contributed by atoms with E-state index in [2.05, 4.69) is 43.5 Å². The first-order valence-electron chi connectivity index (χ1n) is 7.87. The maximum atomic E-state index is 12.0. The Balaban J connectivity index is 2.96. The molecule has 2 rings (SSSR count). The number of carbonyl (C=O) groups excluding carboxylic acids is 1. The van der Waals surface area contributed by atoms with Crippen LogP contribution >= 0.6 is 11.6 Å². The minimum Gasteiger partial charge on any atom is -0.550 e. The third-order valence-corrected chi connectivity index (χ3v) is 8.69. The second-order valence-electron chi connectivity index (χ2n) is 8.28. The van der Waals surface area contributed by atoms with Gasteiger partial charge in [-0.2, -0.15) is 0 Å². The van der Waals surface area contributed by atoms with Crippen LogP contribution in [0.15, 0.2) is 18.2 Å². The monoisotopic (exact) mass is 366 g/mol. The molecule has 0 fully saturated rings. The topological polar surface area (TPSA) is 45.1 Å². The SMILES string of the molecule is Cc1c(C(C(=O)[O-])[Si](C)(C)C)c2cc(Cl)ccc2n1[Si](C)(C)C. The molecule has 6 heteroatoms. The number of halogens is 1. The molecule has 0 amide bonds. The van der Waals surface area contributed by atoms with E-state index in [1.165, 1.54) is 0 Å². The van der Waals surface area contributed by atoms with Gasteiger partial charge in [0, 0.05) is 33.1 Å². The van der Waals surface area contributed by atoms with Crippen LogP contribution in [0.5, 0.6) is 0 Å². The molecule has 0 aliphatic heterocycles. The molecule has 1 unspecified atom stereocenters. The van der Waals surface area contributed by atoms with E-state index in [0.29, 0.717) is 5.02 Å². The molecule has 1 atom stereocenters. The number of fused-ring (bicyclic) bond motifs is 1. The Morgan fingerprint density at radius 2 is 1.74 bits per heavy atom. The fourth-order valence-corrected chi connectivity index (χ4v) is 7.70. The van der Waals surface area contributed by atoms with E-state index in [0.717, 1.165) is 22.2 Å². The zero-order chi connectivity index (χ0) is 17.7. The molecular formula is C17H25ClNO2Si2-. The smallest absolute Gasteiger partial charge is 0.153 e. The molecule has 23 heavy (non-hydrogen) atoms. The molecule has 126 valence electrons. The van der Waals surface area contributed by atoms with Gasteiger partial charge in [0.1, 0.15) is 0 Å². The standard InChI is InChI=1S/C17H26ClNO2Si2/c1-11-15(16(17(20)21)22(2,3)4)13-10-12(18)8-9-14(13)19(11)23(5,6)7/h8-10,16H,1-7H3,(H,20,21)/p-1. The van der Waals surface area contributed by atoms with Gasteiger partial charge < -0.3 is 14.1 Å². The van der Waals surface area contributed by atoms with Crippen LogP contribution in [-0.2, 0) is 4.79 Å². The van der Waals surface area contributed by atoms with Crippen molar-refractivity contribution >= 4 is 44.8 Å². The van der Waals surface area contributed by atoms with Crippen LogP contribution in [0.2, 0.25) is 44.3 Å². The van der Waals surface area contributed by atoms with Gasteiger partial charge in [0.2, 0.25) is 0 Å². The van der Waals surface area contributed by atoms with Crippen LogP contribution in [0.3, 0.4) is 0 Å². The summed E-state index contributed by atoms with van der Waals surface area (Å²) in [6.45, 7) is 15.1. The average Bonchev–Trinajstić information content (AvgIpc) is 2.60. The molecule has 0 saturated carbocycles. The largest absolute Gasteiger partial charge is 0.550 e. The highest BCUT2D eigenvalue weighted by Gasteiger charge is 2.35. The first-order valence-corrected chi connectivity index (χ1v) is 15.3. The van der Waals surface area contributed by atoms with E-state index >= 15 is 0 Å². The molecule has 1 aromatic heterocycles. The van der Waals surface area contributed by atoms with Gasteiger partial charge >= 0.3 is 0 Å². The summed E-state index contributed by atoms with van der Waals surface area (Å²) in [5.41, 5.74) is 2.51. The van der Waals surface area contributed by atoms with Crippen LogP contribution in [-0.4, -0.2) is 26.5 Å². The Labute approximate surface area is 145 Å². The number of carbonyl (C=O) groups is 1. The molecule has 3 nitrogen and oxygen atoms in total. The quantitative estimate of drug-likeness (QED) is 0.767. The Kier molecular flexibility index (Phi) is 4.61. The third-order valence-electron chi connectivity index (χ3n) is 4.28. The lowest BCUT2D eigenvalue weighted by Gasteiger charge is -2.31. The van der Waals surface area contributed by atoms with Gasteiger partial charge in [0.15, 0.2) is 8.24 Å². The number of nitrogens with zero attached hydrogens (tertiary/aromatic N) is 1. The van der Waals surface area contributed by atoms with Crippen molar-refractivity contribution in [1.82, 2.24) is 4.23 Å². The lowest BCUT2D eigenvalue weighted by Crippen LogP contribution is -2.44. The summed E-state index contributed by atoms with van der Waals surface area (Å²) < 4.78 is 2.35. The fourth-order valence-electron chi connectivity index (χ4n) is 3.55. The highest BCUT2D eigenvalue weighted by Crippen LogP contribution is 2.39. The van der Waals surface area contributed by atoms with Crippen molar-refractivity contribution in [2.45, 2.75) is 51.7 Å². The summed E-state index contributed by atoms with van der Waals surface area (Å²) in [5.74, 6) is -0.970. The van der Waals surface area contributed by atoms with E-state index in [1.54, 1.807) is 0 Å². The number of benzene rings is 1. The zero-order valence-corrected chi connectivity index (χ0v) is 17.7. The van der Waals surface area contributed by atoms with E-state index in [9.17, 15) is 9.90 Å². The number of carboxylic acids is 1. The van der Waals surface area contributed by atoms with Gasteiger partial charge in [-0.3, -0.25) is 0 Å². The van der Waals surface area contributed by atoms with E-state index in [4.69, 9.17) is 11.6 Å². The summed E-state index contributed by atoms with van der Waals surface area (Å²) in [7, 11) is -3.71. The molecule has 0 radical (unpaired) electrons. The minimum absolute atomic E-state index is 0.541. The van der Waals surface area contributed by atoms with E-state index in [-0.39, 0.29) is 0 Å². The Morgan fingerprint density at radius 1 is 1.17 bits per heavy atom. The van der Waals surface area contributed by atoms with Crippen LogP contribution < -0.4 is 5.11 Å². The van der Waals surface area contributed by atoms with Gasteiger partial charge in [-0.1, -0.05) is 50.9 Å². The van der Waals surface area contributed by atoms with Crippen LogP contribution in [0.4, 0.5) is 0 Å². The molecule has 1 aromatic carbocycles. The number of hydrogen-bond donors (Lipinski definition) is 0. The van der Waals surface area contributed by atoms with E-state index in [1.807, 2.05) is 25.1 Å². The van der Waals surface area contributed by atoms with Crippen LogP contribution in [0, 0.1) is 6.92 Å². The number of aromatic nitrogens is 1. The summed E-state index contributed by atoms with van der Waals surface area (Å²) in [6.07, 6.45) is 0. The van der Waals surface area contributed by atoms with Gasteiger partial charge in [0.25, 0.3) is 0 Å². The number of rotatable bonds is 4. The molecule has 0 spiro atoms. The Hall–Kier alpha value is -1.05. The highest BCUT2D eigenvalue weighted by molar-refractivity contribution is 6.80. The summed E-state index contributed by atoms with van der Waals surface area (Å²) in [4.78, 5) is 12.0. The number of carboxylic acid groups (broad SMARTS) is 1. The molecular weight excluding hydrogens is 342 g/mol. The van der Waals surface area contributed by atoms with Crippen molar-refractivity contribution in [2.75, 3.05) is 0 Å². The highest BCUT2D eigenvalue weighted by atomic mass is 35.5. The van der Waals surface area contributed by atoms with Gasteiger partial charge in [0.05, 0.1) is 8.07 Å². The third kappa shape index (κ3) is 3.27. The molecule has 0 aliphatic rings. The summed E-state index contributed by atoms with van der Waals surface area (Å²) in [5, 5.41) is 13.6. The van der Waals surface area contributed by atoms with Crippen molar-refractivity contribution in [1.29, 1.82) is 0 Å². The molecule has 0 N–H and O–H groups in total. The zero-order valence-electron chi connectivity index (χ0n) is 15.0. The average molecular weight is 367 g/mol. The normalized spacial score (nSPS) is 14.3. The number of hydrogen-bond acceptors (Lipinski definition) is 2. The second-order valence-corrected chi connectivity index (χ2v) is 18.8. The first-order chi connectivity index (χ1) is 10.4. The predicted molar refractivity (Wildman–Crippen MR) is 102 cm³/mol. The van der Waals surface area contributed by atoms with Crippen molar-refractivity contribution in [3.8, 4) is 0 Å². The Bertz CT molecular complexity index is 769. The van der Waals surface area contributed by atoms with Crippen LogP contribution in [0.25, 0.3) is 10.9 Å². The van der Waals surface area contributed by atoms with Crippen molar-refractivity contribution in [3.05, 3.63) is 34.5 Å². The van der Waals surface area contributed by atoms with E-state index < -0.39 is 27.8 Å². The summed E-state index contributed by atoms with van der Waals surface area (Å²) >= 11 is 6.22. The number of aliphatic carboxylic acids is 1. The molecule has 0 aliphatic carbocycles. The predicted octanol–water partition coefficient (Wildman–Crippen LogP) is 4.00. The van der Waals surface area contributed by atoms with Crippen molar-refractivity contribution < 1.29 is 9.90 Å². The molecule has 0 saturated heterocycles. The van der Waals surface area contributed by atoms with Gasteiger partial charge in [-0.05, 0) is 30.7 Å².